The molecule has 2 aromatic rings. The van der Waals surface area contributed by atoms with Crippen LogP contribution in [0.4, 0.5) is 0 Å². The Balaban J connectivity index is 2.12. The molecule has 0 aliphatic heterocycles. The monoisotopic (exact) mass is 248 g/mol. The summed E-state index contributed by atoms with van der Waals surface area (Å²) in [5, 5.41) is 23.2. The van der Waals surface area contributed by atoms with E-state index in [9.17, 15) is 10.2 Å². The lowest BCUT2D eigenvalue weighted by atomic mass is 10.0. The third kappa shape index (κ3) is 2.76. The van der Waals surface area contributed by atoms with Gasteiger partial charge in [0.2, 0.25) is 0 Å². The largest absolute Gasteiger partial charge is 0.390 e. The van der Waals surface area contributed by atoms with Crippen LogP contribution in [0.1, 0.15) is 18.1 Å². The van der Waals surface area contributed by atoms with Crippen LogP contribution in [0.2, 0.25) is 0 Å². The normalized spacial score (nSPS) is 14.4. The van der Waals surface area contributed by atoms with Crippen LogP contribution < -0.4 is 5.73 Å². The van der Waals surface area contributed by atoms with Gasteiger partial charge in [-0.15, -0.1) is 0 Å². The number of rotatable bonds is 5. The third-order valence-electron chi connectivity index (χ3n) is 2.80. The van der Waals surface area contributed by atoms with Gasteiger partial charge in [-0.3, -0.25) is 0 Å². The fraction of sp³-hybridized carbons (Fsp3) is 0.308. The third-order valence-corrected chi connectivity index (χ3v) is 2.80. The van der Waals surface area contributed by atoms with Gasteiger partial charge in [0.25, 0.3) is 0 Å². The maximum absolute atomic E-state index is 9.90. The fourth-order valence-electron chi connectivity index (χ4n) is 1.76. The van der Waals surface area contributed by atoms with Crippen molar-refractivity contribution in [3.8, 4) is 11.3 Å². The molecular weight excluding hydrogens is 232 g/mol. The van der Waals surface area contributed by atoms with Gasteiger partial charge in [-0.05, 0) is 18.5 Å². The van der Waals surface area contributed by atoms with Crippen LogP contribution in [0.15, 0.2) is 41.1 Å². The number of benzene rings is 1. The van der Waals surface area contributed by atoms with Crippen molar-refractivity contribution in [2.24, 2.45) is 5.73 Å². The average molecular weight is 248 g/mol. The van der Waals surface area contributed by atoms with Gasteiger partial charge in [0.1, 0.15) is 6.10 Å². The molecule has 0 amide bonds. The minimum absolute atomic E-state index is 0.342. The van der Waals surface area contributed by atoms with Crippen molar-refractivity contribution >= 4 is 0 Å². The Labute approximate surface area is 105 Å². The number of nitrogens with zero attached hydrogens (tertiary/aromatic N) is 1. The highest BCUT2D eigenvalue weighted by Gasteiger charge is 2.17. The van der Waals surface area contributed by atoms with Crippen LogP contribution in [0.25, 0.3) is 11.3 Å². The standard InChI is InChI=1S/C13H16N2O3/c14-7-5-11(16)13(17)10-3-1-9(2-4-10)12-6-8-15-18-12/h1-4,6,8,11,13,16-17H,5,7,14H2. The average Bonchev–Trinajstić information content (AvgIpc) is 2.92. The van der Waals surface area contributed by atoms with Gasteiger partial charge in [-0.25, -0.2) is 0 Å². The van der Waals surface area contributed by atoms with E-state index in [0.717, 1.165) is 5.56 Å². The number of hydrogen-bond donors (Lipinski definition) is 3. The second-order valence-electron chi connectivity index (χ2n) is 4.09. The molecule has 96 valence electrons. The molecule has 0 fully saturated rings. The molecule has 1 aromatic carbocycles. The van der Waals surface area contributed by atoms with Crippen LogP contribution >= 0.6 is 0 Å². The minimum Gasteiger partial charge on any atom is -0.390 e. The molecule has 0 aliphatic carbocycles. The van der Waals surface area contributed by atoms with Crippen molar-refractivity contribution in [2.75, 3.05) is 6.54 Å². The van der Waals surface area contributed by atoms with E-state index in [2.05, 4.69) is 5.16 Å². The van der Waals surface area contributed by atoms with Gasteiger partial charge in [0.15, 0.2) is 5.76 Å². The van der Waals surface area contributed by atoms with Crippen molar-refractivity contribution in [3.63, 3.8) is 0 Å². The predicted octanol–water partition coefficient (Wildman–Crippen LogP) is 1.08. The lowest BCUT2D eigenvalue weighted by Gasteiger charge is -2.17. The summed E-state index contributed by atoms with van der Waals surface area (Å²) < 4.78 is 5.03. The van der Waals surface area contributed by atoms with Crippen molar-refractivity contribution in [1.82, 2.24) is 5.16 Å². The van der Waals surface area contributed by atoms with Crippen LogP contribution in [0.3, 0.4) is 0 Å². The summed E-state index contributed by atoms with van der Waals surface area (Å²) in [5.41, 5.74) is 6.87. The molecule has 0 bridgehead atoms. The summed E-state index contributed by atoms with van der Waals surface area (Å²) in [5.74, 6) is 0.665. The minimum atomic E-state index is -0.919. The highest BCUT2D eigenvalue weighted by molar-refractivity contribution is 5.56. The zero-order valence-electron chi connectivity index (χ0n) is 9.86. The van der Waals surface area contributed by atoms with Gasteiger partial charge in [-0.2, -0.15) is 0 Å². The van der Waals surface area contributed by atoms with E-state index in [4.69, 9.17) is 10.3 Å². The molecule has 5 nitrogen and oxygen atoms in total. The summed E-state index contributed by atoms with van der Waals surface area (Å²) >= 11 is 0. The Morgan fingerprint density at radius 1 is 1.17 bits per heavy atom. The smallest absolute Gasteiger partial charge is 0.166 e. The molecule has 0 saturated carbocycles. The first kappa shape index (κ1) is 12.8. The summed E-state index contributed by atoms with van der Waals surface area (Å²) in [6.45, 7) is 0.342. The van der Waals surface area contributed by atoms with Crippen molar-refractivity contribution < 1.29 is 14.7 Å². The molecule has 18 heavy (non-hydrogen) atoms. The molecule has 0 radical (unpaired) electrons. The Bertz CT molecular complexity index is 467. The van der Waals surface area contributed by atoms with Crippen LogP contribution in [0, 0.1) is 0 Å². The van der Waals surface area contributed by atoms with E-state index < -0.39 is 12.2 Å². The van der Waals surface area contributed by atoms with E-state index in [-0.39, 0.29) is 0 Å². The maximum Gasteiger partial charge on any atom is 0.166 e. The number of hydrogen-bond acceptors (Lipinski definition) is 5. The lowest BCUT2D eigenvalue weighted by molar-refractivity contribution is 0.0150. The molecule has 2 unspecified atom stereocenters. The number of aromatic nitrogens is 1. The molecule has 1 aromatic heterocycles. The summed E-state index contributed by atoms with van der Waals surface area (Å²) in [4.78, 5) is 0. The molecule has 4 N–H and O–H groups in total. The van der Waals surface area contributed by atoms with Crippen molar-refractivity contribution in [3.05, 3.63) is 42.1 Å². The van der Waals surface area contributed by atoms with Gasteiger partial charge < -0.3 is 20.5 Å². The molecule has 2 rings (SSSR count). The lowest BCUT2D eigenvalue weighted by Crippen LogP contribution is -2.21. The summed E-state index contributed by atoms with van der Waals surface area (Å²) in [6.07, 6.45) is 0.178. The van der Waals surface area contributed by atoms with Crippen LogP contribution in [-0.2, 0) is 0 Å². The number of aliphatic hydroxyl groups excluding tert-OH is 2. The van der Waals surface area contributed by atoms with Gasteiger partial charge in [-0.1, -0.05) is 29.4 Å². The molecule has 5 heteroatoms. The van der Waals surface area contributed by atoms with Crippen LogP contribution in [0.5, 0.6) is 0 Å². The van der Waals surface area contributed by atoms with E-state index in [1.807, 2.05) is 12.1 Å². The van der Waals surface area contributed by atoms with E-state index in [1.165, 1.54) is 0 Å². The quantitative estimate of drug-likeness (QED) is 0.736. The van der Waals surface area contributed by atoms with Gasteiger partial charge in [0.05, 0.1) is 12.3 Å². The van der Waals surface area contributed by atoms with Crippen molar-refractivity contribution in [2.45, 2.75) is 18.6 Å². The summed E-state index contributed by atoms with van der Waals surface area (Å²) in [6, 6.07) is 8.89. The zero-order valence-corrected chi connectivity index (χ0v) is 9.86. The second kappa shape index (κ2) is 5.77. The fourth-order valence-corrected chi connectivity index (χ4v) is 1.76. The predicted molar refractivity (Wildman–Crippen MR) is 66.6 cm³/mol. The Morgan fingerprint density at radius 3 is 2.44 bits per heavy atom. The first-order valence-corrected chi connectivity index (χ1v) is 5.79. The van der Waals surface area contributed by atoms with E-state index in [1.54, 1.807) is 24.4 Å². The molecule has 0 aliphatic rings. The van der Waals surface area contributed by atoms with Crippen molar-refractivity contribution in [1.29, 1.82) is 0 Å². The number of nitrogens with two attached hydrogens (primary N) is 1. The Hall–Kier alpha value is -1.69. The Morgan fingerprint density at radius 2 is 1.89 bits per heavy atom. The topological polar surface area (TPSA) is 92.5 Å². The van der Waals surface area contributed by atoms with E-state index in [0.29, 0.717) is 24.3 Å². The Kier molecular flexibility index (Phi) is 4.09. The van der Waals surface area contributed by atoms with Gasteiger partial charge >= 0.3 is 0 Å². The summed E-state index contributed by atoms with van der Waals surface area (Å²) in [7, 11) is 0. The zero-order chi connectivity index (χ0) is 13.0. The molecule has 0 saturated heterocycles. The van der Waals surface area contributed by atoms with Gasteiger partial charge in [0, 0.05) is 11.6 Å². The second-order valence-corrected chi connectivity index (χ2v) is 4.09. The molecule has 2 atom stereocenters. The highest BCUT2D eigenvalue weighted by atomic mass is 16.5. The number of aliphatic hydroxyl groups is 2. The maximum atomic E-state index is 9.90. The molecule has 1 heterocycles. The first-order valence-electron chi connectivity index (χ1n) is 5.79. The van der Waals surface area contributed by atoms with E-state index >= 15 is 0 Å². The first-order chi connectivity index (χ1) is 8.72. The highest BCUT2D eigenvalue weighted by Crippen LogP contribution is 2.23. The molecular formula is C13H16N2O3. The van der Waals surface area contributed by atoms with Crippen LogP contribution in [-0.4, -0.2) is 28.0 Å². The SMILES string of the molecule is NCCC(O)C(O)c1ccc(-c2ccno2)cc1. The molecule has 0 spiro atoms.